The van der Waals surface area contributed by atoms with Gasteiger partial charge in [-0.25, -0.2) is 0 Å². The van der Waals surface area contributed by atoms with Gasteiger partial charge in [0.05, 0.1) is 23.9 Å². The third-order valence-electron chi connectivity index (χ3n) is 11.3. The fourth-order valence-electron chi connectivity index (χ4n) is 10.7. The Hall–Kier alpha value is -0.200. The quantitative estimate of drug-likeness (QED) is 0.779. The van der Waals surface area contributed by atoms with Crippen molar-refractivity contribution in [3.05, 3.63) is 0 Å². The van der Waals surface area contributed by atoms with Crippen molar-refractivity contribution in [3.8, 4) is 0 Å². The van der Waals surface area contributed by atoms with Gasteiger partial charge < -0.3 is 19.3 Å². The average molecular weight is 406 g/mol. The van der Waals surface area contributed by atoms with Crippen LogP contribution >= 0.6 is 0 Å². The van der Waals surface area contributed by atoms with E-state index in [1.807, 2.05) is 21.3 Å². The molecule has 1 spiro atoms. The fraction of sp³-hybridized carbons (Fsp3) is 1.00. The number of likely N-dealkylation sites (tertiary alicyclic amines) is 1. The van der Waals surface area contributed by atoms with Gasteiger partial charge in [0.15, 0.2) is 0 Å². The largest absolute Gasteiger partial charge is 0.392 e. The van der Waals surface area contributed by atoms with E-state index in [2.05, 4.69) is 18.7 Å². The van der Waals surface area contributed by atoms with Gasteiger partial charge in [0, 0.05) is 63.5 Å². The molecule has 0 aromatic rings. The minimum Gasteiger partial charge on any atom is -0.392 e. The highest BCUT2D eigenvalue weighted by Gasteiger charge is 2.83. The molecule has 6 aliphatic rings. The molecule has 5 heteroatoms. The van der Waals surface area contributed by atoms with E-state index in [1.54, 1.807) is 0 Å². The zero-order chi connectivity index (χ0) is 20.3. The van der Waals surface area contributed by atoms with E-state index < -0.39 is 0 Å². The first kappa shape index (κ1) is 19.5. The molecule has 164 valence electrons. The van der Waals surface area contributed by atoms with Gasteiger partial charge in [-0.05, 0) is 49.5 Å². The van der Waals surface area contributed by atoms with E-state index >= 15 is 0 Å². The molecule has 0 amide bonds. The van der Waals surface area contributed by atoms with Gasteiger partial charge in [0.25, 0.3) is 0 Å². The Kier molecular flexibility index (Phi) is 4.02. The zero-order valence-corrected chi connectivity index (χ0v) is 18.8. The highest BCUT2D eigenvalue weighted by Crippen LogP contribution is 2.79. The number of fused-ring (bicyclic) bond motifs is 2. The average Bonchev–Trinajstić information content (AvgIpc) is 3.13. The number of hydrogen-bond acceptors (Lipinski definition) is 5. The van der Waals surface area contributed by atoms with Gasteiger partial charge >= 0.3 is 0 Å². The van der Waals surface area contributed by atoms with E-state index in [0.717, 1.165) is 19.4 Å². The lowest BCUT2D eigenvalue weighted by atomic mass is 9.43. The van der Waals surface area contributed by atoms with E-state index in [1.165, 1.54) is 25.8 Å². The van der Waals surface area contributed by atoms with Crippen molar-refractivity contribution in [2.75, 3.05) is 34.4 Å². The topological polar surface area (TPSA) is 51.2 Å². The van der Waals surface area contributed by atoms with Crippen molar-refractivity contribution in [1.82, 2.24) is 4.90 Å². The second-order valence-corrected chi connectivity index (χ2v) is 11.5. The molecule has 0 unspecified atom stereocenters. The summed E-state index contributed by atoms with van der Waals surface area (Å²) >= 11 is 0. The molecule has 7 bridgehead atoms. The van der Waals surface area contributed by atoms with Gasteiger partial charge in [-0.3, -0.25) is 4.90 Å². The molecular weight excluding hydrogens is 366 g/mol. The summed E-state index contributed by atoms with van der Waals surface area (Å²) in [4.78, 5) is 2.80. The lowest BCUT2D eigenvalue weighted by Gasteiger charge is -2.69. The van der Waals surface area contributed by atoms with Crippen LogP contribution in [-0.2, 0) is 14.2 Å². The normalized spacial score (nSPS) is 62.5. The standard InChI is InChI=1S/C24H39NO4/c1-6-25-12-22(2)8-7-18(28-4)24-14-9-13-16(27-3)11-23(29-5,19(14)20(13)26)15(21(24)25)10-17(22)24/h13-21,26H,6-12H2,1-5H3/t13-,14-,15+,16+,17-,18+,19-,20+,21-,22+,23+,24-/m1/s1. The smallest absolute Gasteiger partial charge is 0.0802 e. The van der Waals surface area contributed by atoms with Gasteiger partial charge in [-0.2, -0.15) is 0 Å². The van der Waals surface area contributed by atoms with Crippen LogP contribution < -0.4 is 0 Å². The van der Waals surface area contributed by atoms with Crippen LogP contribution in [0.5, 0.6) is 0 Å². The van der Waals surface area contributed by atoms with Crippen LogP contribution in [0.25, 0.3) is 0 Å². The number of ether oxygens (including phenoxy) is 3. The Labute approximate surface area is 175 Å². The third kappa shape index (κ3) is 1.90. The molecule has 12 atom stereocenters. The number of aliphatic hydroxyl groups is 1. The summed E-state index contributed by atoms with van der Waals surface area (Å²) in [6.45, 7) is 7.20. The van der Waals surface area contributed by atoms with Gasteiger partial charge in [-0.15, -0.1) is 0 Å². The van der Waals surface area contributed by atoms with Crippen molar-refractivity contribution in [3.63, 3.8) is 0 Å². The van der Waals surface area contributed by atoms with Crippen molar-refractivity contribution in [2.24, 2.45) is 40.4 Å². The molecule has 1 N–H and O–H groups in total. The summed E-state index contributed by atoms with van der Waals surface area (Å²) in [5, 5.41) is 11.6. The molecule has 0 aromatic heterocycles. The Morgan fingerprint density at radius 1 is 1.10 bits per heavy atom. The number of rotatable bonds is 4. The van der Waals surface area contributed by atoms with Crippen LogP contribution in [0, 0.1) is 40.4 Å². The van der Waals surface area contributed by atoms with Crippen LogP contribution in [0.4, 0.5) is 0 Å². The van der Waals surface area contributed by atoms with Gasteiger partial charge in [-0.1, -0.05) is 13.8 Å². The van der Waals surface area contributed by atoms with Crippen molar-refractivity contribution < 1.29 is 19.3 Å². The first-order chi connectivity index (χ1) is 13.9. The maximum Gasteiger partial charge on any atom is 0.0802 e. The predicted octanol–water partition coefficient (Wildman–Crippen LogP) is 2.56. The summed E-state index contributed by atoms with van der Waals surface area (Å²) in [7, 11) is 5.68. The highest BCUT2D eigenvalue weighted by molar-refractivity contribution is 5.33. The Morgan fingerprint density at radius 3 is 2.55 bits per heavy atom. The maximum atomic E-state index is 11.6. The van der Waals surface area contributed by atoms with Crippen molar-refractivity contribution in [1.29, 1.82) is 0 Å². The van der Waals surface area contributed by atoms with Gasteiger partial charge in [0.2, 0.25) is 0 Å². The molecule has 5 nitrogen and oxygen atoms in total. The Bertz CT molecular complexity index is 702. The van der Waals surface area contributed by atoms with Crippen LogP contribution in [0.1, 0.15) is 46.0 Å². The van der Waals surface area contributed by atoms with E-state index in [0.29, 0.717) is 35.3 Å². The van der Waals surface area contributed by atoms with Crippen LogP contribution in [0.3, 0.4) is 0 Å². The summed E-state index contributed by atoms with van der Waals surface area (Å²) < 4.78 is 18.9. The summed E-state index contributed by atoms with van der Waals surface area (Å²) in [5.41, 5.74) is 0.251. The molecule has 6 fully saturated rings. The first-order valence-electron chi connectivity index (χ1n) is 12.0. The maximum absolute atomic E-state index is 11.6. The lowest BCUT2D eigenvalue weighted by molar-refractivity contribution is -0.276. The van der Waals surface area contributed by atoms with Crippen LogP contribution in [-0.4, -0.2) is 74.4 Å². The molecule has 0 radical (unpaired) electrons. The predicted molar refractivity (Wildman–Crippen MR) is 109 cm³/mol. The minimum absolute atomic E-state index is 0.104. The SMILES string of the molecule is CCN1C[C@]2(C)CC[C@H](OC)[C@@]34[C@@H]5C[C@H]6[C@H](O)[C@@H]5[C@](OC)(C[C@@H]6OC)[C@@H](C[C@H]23)[C@@H]14. The molecule has 1 saturated heterocycles. The summed E-state index contributed by atoms with van der Waals surface area (Å²) in [6, 6.07) is 0.513. The first-order valence-corrected chi connectivity index (χ1v) is 12.0. The monoisotopic (exact) mass is 405 g/mol. The number of piperidine rings is 1. The minimum atomic E-state index is -0.307. The zero-order valence-electron chi connectivity index (χ0n) is 18.8. The molecular formula is C24H39NO4. The molecule has 1 aliphatic heterocycles. The fourth-order valence-corrected chi connectivity index (χ4v) is 10.7. The van der Waals surface area contributed by atoms with Crippen molar-refractivity contribution >= 4 is 0 Å². The third-order valence-corrected chi connectivity index (χ3v) is 11.3. The van der Waals surface area contributed by atoms with E-state index in [-0.39, 0.29) is 35.1 Å². The molecule has 1 heterocycles. The summed E-state index contributed by atoms with van der Waals surface area (Å²) in [5.74, 6) is 2.08. The van der Waals surface area contributed by atoms with Crippen molar-refractivity contribution in [2.45, 2.75) is 75.9 Å². The van der Waals surface area contributed by atoms with E-state index in [9.17, 15) is 5.11 Å². The number of aliphatic hydroxyl groups excluding tert-OH is 1. The Morgan fingerprint density at radius 2 is 1.90 bits per heavy atom. The van der Waals surface area contributed by atoms with Gasteiger partial charge in [0.1, 0.15) is 0 Å². The number of methoxy groups -OCH3 is 3. The summed E-state index contributed by atoms with van der Waals surface area (Å²) in [6.07, 6.45) is 5.77. The number of hydrogen-bond donors (Lipinski definition) is 1. The second-order valence-electron chi connectivity index (χ2n) is 11.5. The Balaban J connectivity index is 1.61. The number of nitrogens with zero attached hydrogens (tertiary/aromatic N) is 1. The molecule has 5 saturated carbocycles. The molecule has 29 heavy (non-hydrogen) atoms. The highest BCUT2D eigenvalue weighted by atomic mass is 16.5. The molecule has 5 aliphatic carbocycles. The van der Waals surface area contributed by atoms with Crippen LogP contribution in [0.15, 0.2) is 0 Å². The molecule has 0 aromatic carbocycles. The van der Waals surface area contributed by atoms with Crippen LogP contribution in [0.2, 0.25) is 0 Å². The van der Waals surface area contributed by atoms with E-state index in [4.69, 9.17) is 14.2 Å². The molecule has 6 rings (SSSR count). The lowest BCUT2D eigenvalue weighted by Crippen LogP contribution is -2.76. The second kappa shape index (κ2) is 5.98.